The van der Waals surface area contributed by atoms with E-state index in [1.165, 1.54) is 12.8 Å². The molecule has 0 radical (unpaired) electrons. The van der Waals surface area contributed by atoms with E-state index in [1.807, 2.05) is 6.92 Å². The molecule has 0 saturated carbocycles. The normalized spacial score (nSPS) is 21.1. The Morgan fingerprint density at radius 3 is 2.44 bits per heavy atom. The first-order chi connectivity index (χ1) is 8.44. The Morgan fingerprint density at radius 1 is 1.28 bits per heavy atom. The number of hydrogen-bond donors (Lipinski definition) is 2. The van der Waals surface area contributed by atoms with Gasteiger partial charge >= 0.3 is 0 Å². The fourth-order valence-corrected chi connectivity index (χ4v) is 3.15. The zero-order chi connectivity index (χ0) is 13.6. The monoisotopic (exact) mass is 277 g/mol. The number of hydrogen-bond acceptors (Lipinski definition) is 3. The molecule has 6 heteroatoms. The molecule has 5 nitrogen and oxygen atoms in total. The Balaban J connectivity index is 2.30. The van der Waals surface area contributed by atoms with Crippen molar-refractivity contribution in [2.24, 2.45) is 5.92 Å². The molecule has 1 unspecified atom stereocenters. The predicted molar refractivity (Wildman–Crippen MR) is 74.6 cm³/mol. The minimum Gasteiger partial charge on any atom is -0.299 e. The lowest BCUT2D eigenvalue weighted by atomic mass is 9.98. The fraction of sp³-hybridized carbons (Fsp3) is 1.00. The summed E-state index contributed by atoms with van der Waals surface area (Å²) in [5, 5.41) is 0. The summed E-state index contributed by atoms with van der Waals surface area (Å²) in [6.07, 6.45) is 3.23. The molecule has 0 aromatic carbocycles. The van der Waals surface area contributed by atoms with Crippen LogP contribution >= 0.6 is 0 Å². The third kappa shape index (κ3) is 5.65. The molecular formula is C12H27N3O2S. The van der Waals surface area contributed by atoms with Gasteiger partial charge in [-0.2, -0.15) is 8.42 Å². The second kappa shape index (κ2) is 7.43. The summed E-state index contributed by atoms with van der Waals surface area (Å²) in [6, 6.07) is 0.260. The molecule has 18 heavy (non-hydrogen) atoms. The van der Waals surface area contributed by atoms with Crippen LogP contribution in [0.1, 0.15) is 40.0 Å². The summed E-state index contributed by atoms with van der Waals surface area (Å²) in [5.74, 6) is 0.802. The van der Waals surface area contributed by atoms with Crippen LogP contribution in [0, 0.1) is 5.92 Å². The summed E-state index contributed by atoms with van der Waals surface area (Å²) in [4.78, 5) is 2.36. The van der Waals surface area contributed by atoms with E-state index < -0.39 is 10.2 Å². The Kier molecular flexibility index (Phi) is 6.55. The second-order valence-electron chi connectivity index (χ2n) is 5.31. The molecule has 0 bridgehead atoms. The van der Waals surface area contributed by atoms with E-state index in [4.69, 9.17) is 0 Å². The van der Waals surface area contributed by atoms with Crippen molar-refractivity contribution in [1.82, 2.24) is 14.3 Å². The number of nitrogens with one attached hydrogen (secondary N) is 2. The first-order valence-corrected chi connectivity index (χ1v) is 8.41. The van der Waals surface area contributed by atoms with Gasteiger partial charge in [0.1, 0.15) is 0 Å². The van der Waals surface area contributed by atoms with E-state index >= 15 is 0 Å². The van der Waals surface area contributed by atoms with Gasteiger partial charge in [0.05, 0.1) is 0 Å². The maximum atomic E-state index is 11.6. The van der Waals surface area contributed by atoms with Gasteiger partial charge in [0.15, 0.2) is 0 Å². The molecule has 0 aromatic heterocycles. The van der Waals surface area contributed by atoms with Crippen LogP contribution in [-0.2, 0) is 10.2 Å². The van der Waals surface area contributed by atoms with Crippen LogP contribution in [0.3, 0.4) is 0 Å². The average molecular weight is 277 g/mol. The lowest BCUT2D eigenvalue weighted by Crippen LogP contribution is -2.47. The Bertz CT molecular complexity index is 324. The van der Waals surface area contributed by atoms with E-state index in [0.29, 0.717) is 13.1 Å². The van der Waals surface area contributed by atoms with Gasteiger partial charge in [-0.25, -0.2) is 9.44 Å². The number of piperidine rings is 1. The van der Waals surface area contributed by atoms with E-state index in [1.54, 1.807) is 0 Å². The van der Waals surface area contributed by atoms with Crippen LogP contribution in [-0.4, -0.2) is 45.5 Å². The first-order valence-electron chi connectivity index (χ1n) is 6.93. The molecule has 0 aliphatic carbocycles. The summed E-state index contributed by atoms with van der Waals surface area (Å²) in [6.45, 7) is 9.43. The topological polar surface area (TPSA) is 61.4 Å². The van der Waals surface area contributed by atoms with Crippen molar-refractivity contribution in [2.45, 2.75) is 46.1 Å². The van der Waals surface area contributed by atoms with E-state index in [2.05, 4.69) is 28.2 Å². The number of nitrogens with zero attached hydrogens (tertiary/aromatic N) is 1. The number of rotatable bonds is 7. The summed E-state index contributed by atoms with van der Waals surface area (Å²) >= 11 is 0. The Hall–Kier alpha value is -0.170. The SMILES string of the molecule is CCCNS(=O)(=O)NCC(C)N1CCC(C)CC1. The predicted octanol–water partition coefficient (Wildman–Crippen LogP) is 0.941. The fourth-order valence-electron chi connectivity index (χ4n) is 2.12. The van der Waals surface area contributed by atoms with Crippen molar-refractivity contribution in [3.8, 4) is 0 Å². The van der Waals surface area contributed by atoms with Crippen LogP contribution in [0.15, 0.2) is 0 Å². The highest BCUT2D eigenvalue weighted by atomic mass is 32.2. The molecule has 108 valence electrons. The molecule has 1 aliphatic rings. The molecule has 0 amide bonds. The molecule has 1 saturated heterocycles. The Labute approximate surface area is 112 Å². The molecule has 1 heterocycles. The molecule has 0 aromatic rings. The summed E-state index contributed by atoms with van der Waals surface area (Å²) < 4.78 is 28.3. The van der Waals surface area contributed by atoms with Crippen molar-refractivity contribution in [3.05, 3.63) is 0 Å². The third-order valence-corrected chi connectivity index (χ3v) is 4.68. The summed E-state index contributed by atoms with van der Waals surface area (Å²) in [5.41, 5.74) is 0. The second-order valence-corrected chi connectivity index (χ2v) is 6.90. The van der Waals surface area contributed by atoms with Crippen LogP contribution in [0.25, 0.3) is 0 Å². The maximum absolute atomic E-state index is 11.6. The van der Waals surface area contributed by atoms with Gasteiger partial charge in [-0.15, -0.1) is 0 Å². The van der Waals surface area contributed by atoms with Crippen molar-refractivity contribution in [2.75, 3.05) is 26.2 Å². The van der Waals surface area contributed by atoms with Gasteiger partial charge in [0.25, 0.3) is 10.2 Å². The average Bonchev–Trinajstić information content (AvgIpc) is 2.35. The van der Waals surface area contributed by atoms with Crippen LogP contribution in [0.4, 0.5) is 0 Å². The highest BCUT2D eigenvalue weighted by Gasteiger charge is 2.21. The lowest BCUT2D eigenvalue weighted by molar-refractivity contribution is 0.148. The van der Waals surface area contributed by atoms with E-state index in [-0.39, 0.29) is 6.04 Å². The van der Waals surface area contributed by atoms with Crippen LogP contribution < -0.4 is 9.44 Å². The van der Waals surface area contributed by atoms with Crippen LogP contribution in [0.2, 0.25) is 0 Å². The molecule has 1 aliphatic heterocycles. The minimum absolute atomic E-state index is 0.260. The molecular weight excluding hydrogens is 250 g/mol. The third-order valence-electron chi connectivity index (χ3n) is 3.55. The Morgan fingerprint density at radius 2 is 1.89 bits per heavy atom. The maximum Gasteiger partial charge on any atom is 0.276 e. The molecule has 1 atom stereocenters. The van der Waals surface area contributed by atoms with Crippen LogP contribution in [0.5, 0.6) is 0 Å². The van der Waals surface area contributed by atoms with Crippen molar-refractivity contribution >= 4 is 10.2 Å². The minimum atomic E-state index is -3.31. The standard InChI is InChI=1S/C12H27N3O2S/c1-4-7-13-18(16,17)14-10-12(3)15-8-5-11(2)6-9-15/h11-14H,4-10H2,1-3H3. The van der Waals surface area contributed by atoms with E-state index in [0.717, 1.165) is 25.4 Å². The highest BCUT2D eigenvalue weighted by molar-refractivity contribution is 7.87. The molecule has 2 N–H and O–H groups in total. The van der Waals surface area contributed by atoms with Gasteiger partial charge < -0.3 is 0 Å². The quantitative estimate of drug-likeness (QED) is 0.728. The largest absolute Gasteiger partial charge is 0.299 e. The van der Waals surface area contributed by atoms with E-state index in [9.17, 15) is 8.42 Å². The summed E-state index contributed by atoms with van der Waals surface area (Å²) in [7, 11) is -3.31. The zero-order valence-electron chi connectivity index (χ0n) is 11.8. The van der Waals surface area contributed by atoms with Gasteiger partial charge in [-0.1, -0.05) is 13.8 Å². The lowest BCUT2D eigenvalue weighted by Gasteiger charge is -2.34. The van der Waals surface area contributed by atoms with Gasteiger partial charge in [0, 0.05) is 19.1 Å². The van der Waals surface area contributed by atoms with Crippen molar-refractivity contribution < 1.29 is 8.42 Å². The van der Waals surface area contributed by atoms with Gasteiger partial charge in [0.2, 0.25) is 0 Å². The van der Waals surface area contributed by atoms with Crippen molar-refractivity contribution in [1.29, 1.82) is 0 Å². The van der Waals surface area contributed by atoms with Crippen molar-refractivity contribution in [3.63, 3.8) is 0 Å². The smallest absolute Gasteiger partial charge is 0.276 e. The number of likely N-dealkylation sites (tertiary alicyclic amines) is 1. The van der Waals surface area contributed by atoms with Gasteiger partial charge in [-0.05, 0) is 45.2 Å². The molecule has 1 fully saturated rings. The molecule has 0 spiro atoms. The van der Waals surface area contributed by atoms with Gasteiger partial charge in [-0.3, -0.25) is 4.90 Å². The molecule has 1 rings (SSSR count). The first kappa shape index (κ1) is 15.9. The highest BCUT2D eigenvalue weighted by Crippen LogP contribution is 2.17. The zero-order valence-corrected chi connectivity index (χ0v) is 12.6.